The van der Waals surface area contributed by atoms with E-state index in [-0.39, 0.29) is 0 Å². The molecule has 3 aromatic rings. The molecule has 22 heavy (non-hydrogen) atoms. The van der Waals surface area contributed by atoms with Crippen molar-refractivity contribution in [2.45, 2.75) is 20.8 Å². The molecule has 5 heteroatoms. The van der Waals surface area contributed by atoms with E-state index in [1.807, 2.05) is 19.9 Å². The van der Waals surface area contributed by atoms with Crippen LogP contribution < -0.4 is 5.32 Å². The minimum Gasteiger partial charge on any atom is -0.360 e. The molecule has 0 spiro atoms. The van der Waals surface area contributed by atoms with E-state index >= 15 is 0 Å². The Labute approximate surface area is 134 Å². The van der Waals surface area contributed by atoms with E-state index in [0.29, 0.717) is 0 Å². The Kier molecular flexibility index (Phi) is 4.15. The van der Waals surface area contributed by atoms with Crippen molar-refractivity contribution < 1.29 is 0 Å². The number of pyridine rings is 1. The Morgan fingerprint density at radius 2 is 1.77 bits per heavy atom. The van der Waals surface area contributed by atoms with Crippen molar-refractivity contribution in [2.24, 2.45) is 0 Å². The van der Waals surface area contributed by atoms with Crippen molar-refractivity contribution in [1.29, 1.82) is 0 Å². The molecule has 0 aliphatic rings. The molecule has 1 N–H and O–H groups in total. The summed E-state index contributed by atoms with van der Waals surface area (Å²) in [5.41, 5.74) is 5.38. The Bertz CT molecular complexity index is 778. The van der Waals surface area contributed by atoms with Crippen LogP contribution in [0, 0.1) is 13.8 Å². The van der Waals surface area contributed by atoms with E-state index in [2.05, 4.69) is 52.8 Å². The van der Waals surface area contributed by atoms with Crippen LogP contribution in [0.5, 0.6) is 0 Å². The van der Waals surface area contributed by atoms with Gasteiger partial charge in [0.1, 0.15) is 0 Å². The fourth-order valence-corrected chi connectivity index (χ4v) is 3.12. The standard InChI is InChI=1S/C17H18N4S/c1-4-18-17-21-20-16(22-17)14-9-10-15(19-12(14)3)13-7-5-11(2)6-8-13/h5-10H,4H2,1-3H3,(H,18,21). The fraction of sp³-hybridized carbons (Fsp3) is 0.235. The number of aromatic nitrogens is 3. The van der Waals surface area contributed by atoms with Crippen LogP contribution in [0.4, 0.5) is 5.13 Å². The molecule has 0 atom stereocenters. The Morgan fingerprint density at radius 1 is 1.00 bits per heavy atom. The number of nitrogens with one attached hydrogen (secondary N) is 1. The first-order valence-electron chi connectivity index (χ1n) is 7.30. The Balaban J connectivity index is 1.92. The molecule has 1 aromatic carbocycles. The Hall–Kier alpha value is -2.27. The average molecular weight is 310 g/mol. The number of aryl methyl sites for hydroxylation is 2. The van der Waals surface area contributed by atoms with Gasteiger partial charge >= 0.3 is 0 Å². The monoisotopic (exact) mass is 310 g/mol. The first kappa shape index (κ1) is 14.7. The zero-order chi connectivity index (χ0) is 15.5. The van der Waals surface area contributed by atoms with E-state index in [1.54, 1.807) is 11.3 Å². The van der Waals surface area contributed by atoms with Gasteiger partial charge in [-0.15, -0.1) is 10.2 Å². The van der Waals surface area contributed by atoms with Gasteiger partial charge < -0.3 is 5.32 Å². The van der Waals surface area contributed by atoms with E-state index in [9.17, 15) is 0 Å². The molecule has 4 nitrogen and oxygen atoms in total. The molecule has 0 amide bonds. The molecule has 2 aromatic heterocycles. The summed E-state index contributed by atoms with van der Waals surface area (Å²) >= 11 is 1.56. The van der Waals surface area contributed by atoms with Crippen LogP contribution in [-0.2, 0) is 0 Å². The summed E-state index contributed by atoms with van der Waals surface area (Å²) in [4.78, 5) is 4.72. The molecule has 0 saturated heterocycles. The number of benzene rings is 1. The molecule has 0 bridgehead atoms. The van der Waals surface area contributed by atoms with Crippen LogP contribution in [0.25, 0.3) is 21.8 Å². The molecule has 0 aliphatic heterocycles. The molecule has 0 aliphatic carbocycles. The molecule has 0 fully saturated rings. The third-order valence-corrected chi connectivity index (χ3v) is 4.33. The summed E-state index contributed by atoms with van der Waals surface area (Å²) in [6.07, 6.45) is 0. The number of hydrogen-bond acceptors (Lipinski definition) is 5. The van der Waals surface area contributed by atoms with Crippen LogP contribution in [0.2, 0.25) is 0 Å². The van der Waals surface area contributed by atoms with E-state index < -0.39 is 0 Å². The van der Waals surface area contributed by atoms with Gasteiger partial charge in [-0.2, -0.15) is 0 Å². The summed E-state index contributed by atoms with van der Waals surface area (Å²) in [6, 6.07) is 12.5. The highest BCUT2D eigenvalue weighted by Crippen LogP contribution is 2.30. The topological polar surface area (TPSA) is 50.7 Å². The highest BCUT2D eigenvalue weighted by atomic mass is 32.1. The second kappa shape index (κ2) is 6.23. The van der Waals surface area contributed by atoms with Gasteiger partial charge in [0.25, 0.3) is 0 Å². The maximum Gasteiger partial charge on any atom is 0.205 e. The second-order valence-corrected chi connectivity index (χ2v) is 6.12. The van der Waals surface area contributed by atoms with Gasteiger partial charge in [0, 0.05) is 23.4 Å². The fourth-order valence-electron chi connectivity index (χ4n) is 2.23. The molecule has 0 saturated carbocycles. The first-order valence-corrected chi connectivity index (χ1v) is 8.11. The normalized spacial score (nSPS) is 10.7. The van der Waals surface area contributed by atoms with Crippen LogP contribution in [0.3, 0.4) is 0 Å². The number of hydrogen-bond donors (Lipinski definition) is 1. The minimum absolute atomic E-state index is 0.845. The van der Waals surface area contributed by atoms with Crippen molar-refractivity contribution in [2.75, 3.05) is 11.9 Å². The molecular formula is C17H18N4S. The lowest BCUT2D eigenvalue weighted by molar-refractivity contribution is 1.06. The van der Waals surface area contributed by atoms with Gasteiger partial charge in [0.15, 0.2) is 5.01 Å². The zero-order valence-corrected chi connectivity index (χ0v) is 13.7. The van der Waals surface area contributed by atoms with Crippen molar-refractivity contribution in [3.05, 3.63) is 47.7 Å². The van der Waals surface area contributed by atoms with Crippen LogP contribution >= 0.6 is 11.3 Å². The third kappa shape index (κ3) is 2.99. The summed E-state index contributed by atoms with van der Waals surface area (Å²) in [6.45, 7) is 6.99. The van der Waals surface area contributed by atoms with E-state index in [1.165, 1.54) is 5.56 Å². The predicted octanol–water partition coefficient (Wildman–Crippen LogP) is 4.32. The second-order valence-electron chi connectivity index (χ2n) is 5.14. The van der Waals surface area contributed by atoms with Gasteiger partial charge in [-0.25, -0.2) is 0 Å². The van der Waals surface area contributed by atoms with Crippen molar-refractivity contribution >= 4 is 16.5 Å². The molecule has 3 rings (SSSR count). The maximum absolute atomic E-state index is 4.72. The smallest absolute Gasteiger partial charge is 0.205 e. The highest BCUT2D eigenvalue weighted by molar-refractivity contribution is 7.18. The maximum atomic E-state index is 4.72. The summed E-state index contributed by atoms with van der Waals surface area (Å²) < 4.78 is 0. The van der Waals surface area contributed by atoms with E-state index in [0.717, 1.165) is 39.2 Å². The lowest BCUT2D eigenvalue weighted by Gasteiger charge is -2.06. The SMILES string of the molecule is CCNc1nnc(-c2ccc(-c3ccc(C)cc3)nc2C)s1. The minimum atomic E-state index is 0.845. The Morgan fingerprint density at radius 3 is 2.45 bits per heavy atom. The lowest BCUT2D eigenvalue weighted by atomic mass is 10.1. The first-order chi connectivity index (χ1) is 10.7. The number of rotatable bonds is 4. The largest absolute Gasteiger partial charge is 0.360 e. The van der Waals surface area contributed by atoms with E-state index in [4.69, 9.17) is 4.98 Å². The third-order valence-electron chi connectivity index (χ3n) is 3.42. The molecule has 0 radical (unpaired) electrons. The predicted molar refractivity (Wildman–Crippen MR) is 92.2 cm³/mol. The van der Waals surface area contributed by atoms with Gasteiger partial charge in [0.2, 0.25) is 5.13 Å². The summed E-state index contributed by atoms with van der Waals surface area (Å²) in [5, 5.41) is 13.3. The van der Waals surface area contributed by atoms with Gasteiger partial charge in [-0.05, 0) is 32.9 Å². The lowest BCUT2D eigenvalue weighted by Crippen LogP contribution is -1.94. The molecule has 2 heterocycles. The molecule has 112 valence electrons. The highest BCUT2D eigenvalue weighted by Gasteiger charge is 2.11. The molecule has 0 unspecified atom stereocenters. The number of nitrogens with zero attached hydrogens (tertiary/aromatic N) is 3. The number of anilines is 1. The average Bonchev–Trinajstić information content (AvgIpc) is 2.97. The van der Waals surface area contributed by atoms with Crippen molar-refractivity contribution in [3.8, 4) is 21.8 Å². The van der Waals surface area contributed by atoms with Crippen LogP contribution in [0.15, 0.2) is 36.4 Å². The van der Waals surface area contributed by atoms with Gasteiger partial charge in [0.05, 0.1) is 5.69 Å². The molecular weight excluding hydrogens is 292 g/mol. The summed E-state index contributed by atoms with van der Waals surface area (Å²) in [7, 11) is 0. The van der Waals surface area contributed by atoms with Gasteiger partial charge in [-0.1, -0.05) is 41.2 Å². The van der Waals surface area contributed by atoms with Gasteiger partial charge in [-0.3, -0.25) is 4.98 Å². The zero-order valence-electron chi connectivity index (χ0n) is 12.9. The quantitative estimate of drug-likeness (QED) is 0.780. The van der Waals surface area contributed by atoms with Crippen LogP contribution in [-0.4, -0.2) is 21.7 Å². The summed E-state index contributed by atoms with van der Waals surface area (Å²) in [5.74, 6) is 0. The van der Waals surface area contributed by atoms with Crippen molar-refractivity contribution in [1.82, 2.24) is 15.2 Å². The van der Waals surface area contributed by atoms with Crippen LogP contribution in [0.1, 0.15) is 18.2 Å². The van der Waals surface area contributed by atoms with Crippen molar-refractivity contribution in [3.63, 3.8) is 0 Å².